The summed E-state index contributed by atoms with van der Waals surface area (Å²) in [7, 11) is 0. The van der Waals surface area contributed by atoms with E-state index in [4.69, 9.17) is 0 Å². The zero-order valence-electron chi connectivity index (χ0n) is 10.6. The lowest BCUT2D eigenvalue weighted by Crippen LogP contribution is -2.57. The maximum Gasteiger partial charge on any atom is 0.109 e. The molecule has 0 aromatic carbocycles. The fourth-order valence-corrected chi connectivity index (χ4v) is 3.82. The van der Waals surface area contributed by atoms with Gasteiger partial charge in [-0.3, -0.25) is 4.90 Å². The highest BCUT2D eigenvalue weighted by molar-refractivity contribution is 5.12. The van der Waals surface area contributed by atoms with Crippen molar-refractivity contribution < 1.29 is 0 Å². The van der Waals surface area contributed by atoms with E-state index in [1.807, 2.05) is 0 Å². The van der Waals surface area contributed by atoms with E-state index in [2.05, 4.69) is 16.3 Å². The van der Waals surface area contributed by atoms with Crippen molar-refractivity contribution in [3.63, 3.8) is 0 Å². The summed E-state index contributed by atoms with van der Waals surface area (Å²) in [5.74, 6) is 1.81. The SMILES string of the molecule is N#CC1(N2CCNCC2)CCCC(C2CC2)C1. The molecule has 2 aliphatic carbocycles. The van der Waals surface area contributed by atoms with Crippen LogP contribution in [0.15, 0.2) is 0 Å². The van der Waals surface area contributed by atoms with Crippen LogP contribution in [0.4, 0.5) is 0 Å². The Balaban J connectivity index is 1.73. The van der Waals surface area contributed by atoms with E-state index in [-0.39, 0.29) is 5.54 Å². The van der Waals surface area contributed by atoms with Gasteiger partial charge in [-0.1, -0.05) is 6.42 Å². The first kappa shape index (κ1) is 11.5. The molecule has 0 aromatic rings. The summed E-state index contributed by atoms with van der Waals surface area (Å²) in [4.78, 5) is 2.47. The van der Waals surface area contributed by atoms with E-state index >= 15 is 0 Å². The molecule has 94 valence electrons. The van der Waals surface area contributed by atoms with E-state index < -0.39 is 0 Å². The molecule has 0 bridgehead atoms. The summed E-state index contributed by atoms with van der Waals surface area (Å²) in [5.41, 5.74) is -0.117. The number of nitrogens with one attached hydrogen (secondary N) is 1. The van der Waals surface area contributed by atoms with Crippen LogP contribution in [-0.4, -0.2) is 36.6 Å². The predicted molar refractivity (Wildman–Crippen MR) is 67.5 cm³/mol. The van der Waals surface area contributed by atoms with Crippen LogP contribution in [0.5, 0.6) is 0 Å². The third-order valence-electron chi connectivity index (χ3n) is 4.98. The Bertz CT molecular complexity index is 312. The first-order valence-corrected chi connectivity index (χ1v) is 7.21. The molecule has 3 rings (SSSR count). The smallest absolute Gasteiger partial charge is 0.109 e. The number of nitriles is 1. The Morgan fingerprint density at radius 2 is 1.88 bits per heavy atom. The molecule has 3 fully saturated rings. The Labute approximate surface area is 104 Å². The van der Waals surface area contributed by atoms with Gasteiger partial charge >= 0.3 is 0 Å². The van der Waals surface area contributed by atoms with Gasteiger partial charge in [0.25, 0.3) is 0 Å². The van der Waals surface area contributed by atoms with Crippen molar-refractivity contribution in [1.29, 1.82) is 5.26 Å². The molecule has 1 saturated heterocycles. The largest absolute Gasteiger partial charge is 0.314 e. The standard InChI is InChI=1S/C14H23N3/c15-11-14(17-8-6-16-7-9-17)5-1-2-13(10-14)12-3-4-12/h12-13,16H,1-10H2. The highest BCUT2D eigenvalue weighted by atomic mass is 15.2. The molecule has 2 saturated carbocycles. The third kappa shape index (κ3) is 2.21. The van der Waals surface area contributed by atoms with E-state index in [1.54, 1.807) is 0 Å². The van der Waals surface area contributed by atoms with Crippen molar-refractivity contribution in [2.75, 3.05) is 26.2 Å². The van der Waals surface area contributed by atoms with Gasteiger partial charge in [-0.05, 0) is 43.9 Å². The molecule has 3 nitrogen and oxygen atoms in total. The molecular formula is C14H23N3. The zero-order valence-corrected chi connectivity index (χ0v) is 10.6. The monoisotopic (exact) mass is 233 g/mol. The zero-order chi connectivity index (χ0) is 11.7. The van der Waals surface area contributed by atoms with Crippen LogP contribution in [0.2, 0.25) is 0 Å². The second kappa shape index (κ2) is 4.59. The lowest BCUT2D eigenvalue weighted by Gasteiger charge is -2.45. The van der Waals surface area contributed by atoms with Crippen molar-refractivity contribution in [3.8, 4) is 6.07 Å². The molecule has 2 unspecified atom stereocenters. The fraction of sp³-hybridized carbons (Fsp3) is 0.929. The summed E-state index contributed by atoms with van der Waals surface area (Å²) >= 11 is 0. The summed E-state index contributed by atoms with van der Waals surface area (Å²) in [5, 5.41) is 13.1. The first-order chi connectivity index (χ1) is 8.34. The maximum absolute atomic E-state index is 9.70. The van der Waals surface area contributed by atoms with E-state index in [9.17, 15) is 5.26 Å². The Morgan fingerprint density at radius 1 is 1.12 bits per heavy atom. The predicted octanol–water partition coefficient (Wildman–Crippen LogP) is 1.75. The molecule has 0 spiro atoms. The molecule has 1 heterocycles. The quantitative estimate of drug-likeness (QED) is 0.790. The number of hydrogen-bond acceptors (Lipinski definition) is 3. The van der Waals surface area contributed by atoms with Crippen LogP contribution in [0, 0.1) is 23.2 Å². The van der Waals surface area contributed by atoms with Crippen molar-refractivity contribution in [3.05, 3.63) is 0 Å². The minimum Gasteiger partial charge on any atom is -0.314 e. The van der Waals surface area contributed by atoms with Crippen LogP contribution in [0.25, 0.3) is 0 Å². The number of nitrogens with zero attached hydrogens (tertiary/aromatic N) is 2. The van der Waals surface area contributed by atoms with Crippen LogP contribution in [0.1, 0.15) is 38.5 Å². The molecule has 0 aromatic heterocycles. The van der Waals surface area contributed by atoms with Crippen LogP contribution in [0.3, 0.4) is 0 Å². The van der Waals surface area contributed by atoms with Gasteiger partial charge < -0.3 is 5.32 Å². The van der Waals surface area contributed by atoms with Gasteiger partial charge in [0.1, 0.15) is 5.54 Å². The average Bonchev–Trinajstić information content (AvgIpc) is 3.24. The van der Waals surface area contributed by atoms with Gasteiger partial charge in [-0.2, -0.15) is 5.26 Å². The van der Waals surface area contributed by atoms with Crippen molar-refractivity contribution in [2.24, 2.45) is 11.8 Å². The van der Waals surface area contributed by atoms with Crippen LogP contribution >= 0.6 is 0 Å². The lowest BCUT2D eigenvalue weighted by molar-refractivity contribution is 0.0579. The van der Waals surface area contributed by atoms with Crippen LogP contribution in [-0.2, 0) is 0 Å². The molecule has 17 heavy (non-hydrogen) atoms. The third-order valence-corrected chi connectivity index (χ3v) is 4.98. The summed E-state index contributed by atoms with van der Waals surface area (Å²) in [6, 6.07) is 2.70. The average molecular weight is 233 g/mol. The van der Waals surface area contributed by atoms with Crippen LogP contribution < -0.4 is 5.32 Å². The van der Waals surface area contributed by atoms with E-state index in [0.29, 0.717) is 0 Å². The Hall–Kier alpha value is -0.590. The minimum atomic E-state index is -0.117. The molecule has 1 N–H and O–H groups in total. The maximum atomic E-state index is 9.70. The molecule has 0 radical (unpaired) electrons. The van der Waals surface area contributed by atoms with Crippen molar-refractivity contribution in [2.45, 2.75) is 44.1 Å². The Morgan fingerprint density at radius 3 is 2.53 bits per heavy atom. The van der Waals surface area contributed by atoms with Gasteiger partial charge in [0.15, 0.2) is 0 Å². The second-order valence-electron chi connectivity index (χ2n) is 6.07. The summed E-state index contributed by atoms with van der Waals surface area (Å²) < 4.78 is 0. The fourth-order valence-electron chi connectivity index (χ4n) is 3.82. The second-order valence-corrected chi connectivity index (χ2v) is 6.07. The molecule has 0 amide bonds. The van der Waals surface area contributed by atoms with Gasteiger partial charge in [-0.15, -0.1) is 0 Å². The lowest BCUT2D eigenvalue weighted by atomic mass is 9.73. The number of piperazine rings is 1. The molecule has 2 atom stereocenters. The van der Waals surface area contributed by atoms with E-state index in [1.165, 1.54) is 25.7 Å². The molecular weight excluding hydrogens is 210 g/mol. The van der Waals surface area contributed by atoms with Crippen molar-refractivity contribution >= 4 is 0 Å². The first-order valence-electron chi connectivity index (χ1n) is 7.21. The minimum absolute atomic E-state index is 0.117. The normalized spacial score (nSPS) is 39.8. The summed E-state index contributed by atoms with van der Waals surface area (Å²) in [6.07, 6.45) is 7.74. The molecule has 3 heteroatoms. The highest BCUT2D eigenvalue weighted by Gasteiger charge is 2.45. The van der Waals surface area contributed by atoms with Gasteiger partial charge in [0.2, 0.25) is 0 Å². The Kier molecular flexibility index (Phi) is 3.10. The van der Waals surface area contributed by atoms with E-state index in [0.717, 1.165) is 50.9 Å². The summed E-state index contributed by atoms with van der Waals surface area (Å²) in [6.45, 7) is 4.23. The number of hydrogen-bond donors (Lipinski definition) is 1. The highest BCUT2D eigenvalue weighted by Crippen LogP contribution is 2.48. The molecule has 3 aliphatic rings. The van der Waals surface area contributed by atoms with Gasteiger partial charge in [0, 0.05) is 26.2 Å². The van der Waals surface area contributed by atoms with Gasteiger partial charge in [0.05, 0.1) is 6.07 Å². The van der Waals surface area contributed by atoms with Crippen molar-refractivity contribution in [1.82, 2.24) is 10.2 Å². The van der Waals surface area contributed by atoms with Gasteiger partial charge in [-0.25, -0.2) is 0 Å². The number of rotatable bonds is 2. The topological polar surface area (TPSA) is 39.1 Å². The molecule has 1 aliphatic heterocycles.